The normalized spacial score (nSPS) is 24.2. The van der Waals surface area contributed by atoms with Gasteiger partial charge in [0.25, 0.3) is 0 Å². The number of benzene rings is 1. The predicted octanol–water partition coefficient (Wildman–Crippen LogP) is 0.874. The summed E-state index contributed by atoms with van der Waals surface area (Å²) in [6, 6.07) is 7.48. The van der Waals surface area contributed by atoms with Crippen molar-refractivity contribution in [1.82, 2.24) is 5.32 Å². The summed E-state index contributed by atoms with van der Waals surface area (Å²) in [6.45, 7) is 0.557. The molecule has 0 aliphatic heterocycles. The summed E-state index contributed by atoms with van der Waals surface area (Å²) in [7, 11) is 1.64. The third-order valence-electron chi connectivity index (χ3n) is 3.83. The van der Waals surface area contributed by atoms with Gasteiger partial charge in [-0.25, -0.2) is 0 Å². The second-order valence-electron chi connectivity index (χ2n) is 5.25. The fraction of sp³-hybridized carbons (Fsp3) is 0.533. The maximum atomic E-state index is 12.0. The molecule has 1 aliphatic carbocycles. The zero-order chi connectivity index (χ0) is 14.5. The zero-order valence-corrected chi connectivity index (χ0v) is 12.9. The number of methoxy groups -OCH3 is 1. The minimum Gasteiger partial charge on any atom is -0.496 e. The molecule has 0 bridgehead atoms. The highest BCUT2D eigenvalue weighted by Crippen LogP contribution is 2.24. The molecule has 21 heavy (non-hydrogen) atoms. The Morgan fingerprint density at radius 1 is 1.43 bits per heavy atom. The van der Waals surface area contributed by atoms with Crippen molar-refractivity contribution in [2.75, 3.05) is 13.7 Å². The molecule has 6 heteroatoms. The van der Waals surface area contributed by atoms with Gasteiger partial charge in [-0.2, -0.15) is 0 Å². The Bertz CT molecular complexity index is 460. The number of hydrogen-bond acceptors (Lipinski definition) is 4. The van der Waals surface area contributed by atoms with Crippen LogP contribution in [0.2, 0.25) is 0 Å². The minimum atomic E-state index is -0.556. The van der Waals surface area contributed by atoms with Gasteiger partial charge in [-0.05, 0) is 30.9 Å². The smallest absolute Gasteiger partial charge is 0.223 e. The average molecular weight is 315 g/mol. The lowest BCUT2D eigenvalue weighted by Gasteiger charge is -2.12. The lowest BCUT2D eigenvalue weighted by Crippen LogP contribution is -2.32. The predicted molar refractivity (Wildman–Crippen MR) is 83.7 cm³/mol. The van der Waals surface area contributed by atoms with Crippen LogP contribution in [0.4, 0.5) is 0 Å². The van der Waals surface area contributed by atoms with Crippen LogP contribution in [0.15, 0.2) is 24.3 Å². The molecule has 1 aliphatic rings. The van der Waals surface area contributed by atoms with Gasteiger partial charge in [0.1, 0.15) is 5.75 Å². The molecule has 1 saturated carbocycles. The molecule has 4 N–H and O–H groups in total. The van der Waals surface area contributed by atoms with E-state index in [2.05, 4.69) is 5.32 Å². The lowest BCUT2D eigenvalue weighted by atomic mass is 10.1. The number of carbonyl (C=O) groups is 1. The van der Waals surface area contributed by atoms with Gasteiger partial charge < -0.3 is 20.9 Å². The first kappa shape index (κ1) is 17.8. The Hall–Kier alpha value is -1.30. The number of amides is 1. The van der Waals surface area contributed by atoms with Crippen LogP contribution in [0.25, 0.3) is 0 Å². The van der Waals surface area contributed by atoms with Crippen molar-refractivity contribution in [3.05, 3.63) is 29.8 Å². The molecule has 0 spiro atoms. The Kier molecular flexibility index (Phi) is 6.95. The van der Waals surface area contributed by atoms with Gasteiger partial charge >= 0.3 is 0 Å². The number of aliphatic hydroxyl groups is 1. The minimum absolute atomic E-state index is 0. The lowest BCUT2D eigenvalue weighted by molar-refractivity contribution is -0.125. The van der Waals surface area contributed by atoms with Crippen molar-refractivity contribution in [3.8, 4) is 5.75 Å². The molecule has 5 nitrogen and oxygen atoms in total. The SMILES string of the molecule is COc1ccccc1CCNC(=O)[C@H]1C[C@H](N)[C@@H](O)C1.Cl. The van der Waals surface area contributed by atoms with Crippen molar-refractivity contribution < 1.29 is 14.6 Å². The van der Waals surface area contributed by atoms with E-state index in [0.717, 1.165) is 17.7 Å². The number of nitrogens with one attached hydrogen (secondary N) is 1. The van der Waals surface area contributed by atoms with Crippen molar-refractivity contribution >= 4 is 18.3 Å². The largest absolute Gasteiger partial charge is 0.496 e. The molecule has 0 heterocycles. The molecule has 2 rings (SSSR count). The average Bonchev–Trinajstić information content (AvgIpc) is 2.79. The van der Waals surface area contributed by atoms with Crippen LogP contribution in [0.3, 0.4) is 0 Å². The van der Waals surface area contributed by atoms with Crippen LogP contribution >= 0.6 is 12.4 Å². The number of para-hydroxylation sites is 1. The molecule has 1 aromatic rings. The zero-order valence-electron chi connectivity index (χ0n) is 12.1. The fourth-order valence-corrected chi connectivity index (χ4v) is 2.64. The Balaban J connectivity index is 0.00000220. The van der Waals surface area contributed by atoms with Gasteiger partial charge in [-0.15, -0.1) is 12.4 Å². The molecular weight excluding hydrogens is 292 g/mol. The number of nitrogens with two attached hydrogens (primary N) is 1. The third-order valence-corrected chi connectivity index (χ3v) is 3.83. The van der Waals surface area contributed by atoms with Gasteiger partial charge in [0.15, 0.2) is 0 Å². The Morgan fingerprint density at radius 3 is 2.76 bits per heavy atom. The summed E-state index contributed by atoms with van der Waals surface area (Å²) in [5.41, 5.74) is 6.79. The van der Waals surface area contributed by atoms with Crippen LogP contribution in [-0.2, 0) is 11.2 Å². The van der Waals surface area contributed by atoms with Crippen LogP contribution in [0.1, 0.15) is 18.4 Å². The van der Waals surface area contributed by atoms with Gasteiger partial charge in [-0.3, -0.25) is 4.79 Å². The van der Waals surface area contributed by atoms with Crippen molar-refractivity contribution in [2.24, 2.45) is 11.7 Å². The molecule has 0 saturated heterocycles. The highest BCUT2D eigenvalue weighted by atomic mass is 35.5. The van der Waals surface area contributed by atoms with Gasteiger partial charge in [0.2, 0.25) is 5.91 Å². The van der Waals surface area contributed by atoms with Crippen LogP contribution < -0.4 is 15.8 Å². The van der Waals surface area contributed by atoms with E-state index in [1.807, 2.05) is 24.3 Å². The number of halogens is 1. The van der Waals surface area contributed by atoms with Gasteiger partial charge in [0.05, 0.1) is 13.2 Å². The third kappa shape index (κ3) is 4.59. The second kappa shape index (κ2) is 8.22. The van der Waals surface area contributed by atoms with Crippen LogP contribution in [-0.4, -0.2) is 36.8 Å². The number of hydrogen-bond donors (Lipinski definition) is 3. The van der Waals surface area contributed by atoms with E-state index in [9.17, 15) is 9.90 Å². The van der Waals surface area contributed by atoms with E-state index in [4.69, 9.17) is 10.5 Å². The number of carbonyl (C=O) groups excluding carboxylic acids is 1. The maximum Gasteiger partial charge on any atom is 0.223 e. The van der Waals surface area contributed by atoms with Gasteiger partial charge in [0, 0.05) is 18.5 Å². The van der Waals surface area contributed by atoms with Crippen LogP contribution in [0.5, 0.6) is 5.75 Å². The van der Waals surface area contributed by atoms with Crippen molar-refractivity contribution in [2.45, 2.75) is 31.4 Å². The molecular formula is C15H23ClN2O3. The van der Waals surface area contributed by atoms with Crippen LogP contribution in [0, 0.1) is 5.92 Å². The molecule has 0 radical (unpaired) electrons. The first-order chi connectivity index (χ1) is 9.61. The van der Waals surface area contributed by atoms with E-state index in [1.54, 1.807) is 7.11 Å². The molecule has 1 fully saturated rings. The van der Waals surface area contributed by atoms with E-state index in [0.29, 0.717) is 19.4 Å². The quantitative estimate of drug-likeness (QED) is 0.753. The van der Waals surface area contributed by atoms with E-state index < -0.39 is 6.10 Å². The molecule has 3 atom stereocenters. The second-order valence-corrected chi connectivity index (χ2v) is 5.25. The topological polar surface area (TPSA) is 84.6 Å². The molecule has 0 unspecified atom stereocenters. The summed E-state index contributed by atoms with van der Waals surface area (Å²) in [4.78, 5) is 12.0. The number of ether oxygens (including phenoxy) is 1. The fourth-order valence-electron chi connectivity index (χ4n) is 2.64. The summed E-state index contributed by atoms with van der Waals surface area (Å²) < 4.78 is 5.27. The number of aliphatic hydroxyl groups excluding tert-OH is 1. The van der Waals surface area contributed by atoms with E-state index in [1.165, 1.54) is 0 Å². The maximum absolute atomic E-state index is 12.0. The summed E-state index contributed by atoms with van der Waals surface area (Å²) in [6.07, 6.45) is 1.18. The molecule has 1 amide bonds. The summed E-state index contributed by atoms with van der Waals surface area (Å²) in [5, 5.41) is 12.5. The summed E-state index contributed by atoms with van der Waals surface area (Å²) >= 11 is 0. The Morgan fingerprint density at radius 2 is 2.14 bits per heavy atom. The highest BCUT2D eigenvalue weighted by Gasteiger charge is 2.34. The summed E-state index contributed by atoms with van der Waals surface area (Å²) in [5.74, 6) is 0.643. The first-order valence-corrected chi connectivity index (χ1v) is 6.95. The van der Waals surface area contributed by atoms with Crippen molar-refractivity contribution in [3.63, 3.8) is 0 Å². The molecule has 1 aromatic carbocycles. The first-order valence-electron chi connectivity index (χ1n) is 6.95. The van der Waals surface area contributed by atoms with E-state index in [-0.39, 0.29) is 30.3 Å². The standard InChI is InChI=1S/C15H22N2O3.ClH/c1-20-14-5-3-2-4-10(14)6-7-17-15(19)11-8-12(16)13(18)9-11;/h2-5,11-13,18H,6-9,16H2,1H3,(H,17,19);1H/t11-,12-,13-;/m0./s1. The monoisotopic (exact) mass is 314 g/mol. The molecule has 0 aromatic heterocycles. The Labute approximate surface area is 131 Å². The van der Waals surface area contributed by atoms with E-state index >= 15 is 0 Å². The highest BCUT2D eigenvalue weighted by molar-refractivity contribution is 5.85. The van der Waals surface area contributed by atoms with Gasteiger partial charge in [-0.1, -0.05) is 18.2 Å². The molecule has 118 valence electrons. The number of rotatable bonds is 5. The van der Waals surface area contributed by atoms with Crippen molar-refractivity contribution in [1.29, 1.82) is 0 Å².